The molecule has 2 aromatic heterocycles. The fraction of sp³-hybridized carbons (Fsp3) is 0.680. The molecule has 2 fully saturated rings. The van der Waals surface area contributed by atoms with Crippen LogP contribution in [0.4, 0.5) is 10.5 Å². The molecule has 34 heavy (non-hydrogen) atoms. The molecule has 1 saturated heterocycles. The lowest BCUT2D eigenvalue weighted by atomic mass is 9.84. The van der Waals surface area contributed by atoms with Crippen LogP contribution in [0.2, 0.25) is 0 Å². The van der Waals surface area contributed by atoms with Crippen molar-refractivity contribution < 1.29 is 14.3 Å². The Hall–Kier alpha value is -2.84. The van der Waals surface area contributed by atoms with Crippen molar-refractivity contribution in [3.8, 4) is 0 Å². The molecule has 9 heteroatoms. The Kier molecular flexibility index (Phi) is 7.90. The first kappa shape index (κ1) is 24.3. The molecule has 186 valence electrons. The molecule has 9 nitrogen and oxygen atoms in total. The van der Waals surface area contributed by atoms with E-state index in [1.807, 2.05) is 17.8 Å². The molecule has 2 amide bonds. The Morgan fingerprint density at radius 3 is 2.53 bits per heavy atom. The van der Waals surface area contributed by atoms with Crippen molar-refractivity contribution in [2.45, 2.75) is 84.3 Å². The van der Waals surface area contributed by atoms with Crippen molar-refractivity contribution in [2.75, 3.05) is 25.0 Å². The Morgan fingerprint density at radius 1 is 1.12 bits per heavy atom. The third-order valence-electron chi connectivity index (χ3n) is 7.30. The summed E-state index contributed by atoms with van der Waals surface area (Å²) < 4.78 is 6.96. The van der Waals surface area contributed by atoms with Gasteiger partial charge in [-0.3, -0.25) is 4.79 Å². The zero-order chi connectivity index (χ0) is 24.1. The molecule has 1 aliphatic heterocycles. The van der Waals surface area contributed by atoms with Gasteiger partial charge in [0.2, 0.25) is 0 Å². The summed E-state index contributed by atoms with van der Waals surface area (Å²) >= 11 is 0. The summed E-state index contributed by atoms with van der Waals surface area (Å²) in [6, 6.07) is 0.270. The molecule has 3 heterocycles. The standard InChI is InChI=1S/C25H38N6O3/c1-4-31-23-20(16-27-31)22(28-17(3)18-9-7-6-8-10-18)21(15-26-23)24(32)29-19-11-13-30(14-12-19)25(33)34-5-2/h15-19H,4-14H2,1-3H3,(H,26,28)(H,29,32). The number of anilines is 1. The fourth-order valence-electron chi connectivity index (χ4n) is 5.25. The average molecular weight is 471 g/mol. The van der Waals surface area contributed by atoms with Crippen LogP contribution in [-0.4, -0.2) is 63.4 Å². The number of likely N-dealkylation sites (tertiary alicyclic amines) is 1. The average Bonchev–Trinajstić information content (AvgIpc) is 3.29. The third-order valence-corrected chi connectivity index (χ3v) is 7.30. The van der Waals surface area contributed by atoms with E-state index in [9.17, 15) is 9.59 Å². The Morgan fingerprint density at radius 2 is 1.85 bits per heavy atom. The number of hydrogen-bond acceptors (Lipinski definition) is 6. The summed E-state index contributed by atoms with van der Waals surface area (Å²) in [5, 5.41) is 12.2. The van der Waals surface area contributed by atoms with Gasteiger partial charge in [-0.2, -0.15) is 5.10 Å². The zero-order valence-electron chi connectivity index (χ0n) is 20.7. The number of nitrogens with zero attached hydrogens (tertiary/aromatic N) is 4. The van der Waals surface area contributed by atoms with Crippen LogP contribution in [0.25, 0.3) is 11.0 Å². The highest BCUT2D eigenvalue weighted by molar-refractivity contribution is 6.06. The fourth-order valence-corrected chi connectivity index (χ4v) is 5.25. The van der Waals surface area contributed by atoms with Crippen LogP contribution in [0.5, 0.6) is 0 Å². The first-order valence-corrected chi connectivity index (χ1v) is 12.8. The lowest BCUT2D eigenvalue weighted by Crippen LogP contribution is -2.46. The van der Waals surface area contributed by atoms with Crippen LogP contribution in [0.15, 0.2) is 12.4 Å². The molecule has 2 aliphatic rings. The largest absolute Gasteiger partial charge is 0.450 e. The molecule has 2 N–H and O–H groups in total. The number of amides is 2. The maximum absolute atomic E-state index is 13.4. The Balaban J connectivity index is 1.51. The maximum atomic E-state index is 13.4. The van der Waals surface area contributed by atoms with E-state index >= 15 is 0 Å². The van der Waals surface area contributed by atoms with Gasteiger partial charge in [-0.25, -0.2) is 14.5 Å². The highest BCUT2D eigenvalue weighted by Crippen LogP contribution is 2.32. The second kappa shape index (κ2) is 11.1. The zero-order valence-corrected chi connectivity index (χ0v) is 20.7. The lowest BCUT2D eigenvalue weighted by molar-refractivity contribution is 0.0860. The summed E-state index contributed by atoms with van der Waals surface area (Å²) in [7, 11) is 0. The van der Waals surface area contributed by atoms with E-state index in [0.717, 1.165) is 23.3 Å². The minimum absolute atomic E-state index is 0.0101. The summed E-state index contributed by atoms with van der Waals surface area (Å²) in [5.74, 6) is 0.466. The second-order valence-electron chi connectivity index (χ2n) is 9.51. The van der Waals surface area contributed by atoms with Gasteiger partial charge in [0.1, 0.15) is 0 Å². The maximum Gasteiger partial charge on any atom is 0.409 e. The number of fused-ring (bicyclic) bond motifs is 1. The van der Waals surface area contributed by atoms with E-state index in [0.29, 0.717) is 44.0 Å². The summed E-state index contributed by atoms with van der Waals surface area (Å²) in [4.78, 5) is 31.7. The van der Waals surface area contributed by atoms with Gasteiger partial charge >= 0.3 is 6.09 Å². The summed E-state index contributed by atoms with van der Waals surface area (Å²) in [5.41, 5.74) is 2.17. The number of ether oxygens (including phenoxy) is 1. The van der Waals surface area contributed by atoms with Crippen molar-refractivity contribution >= 4 is 28.7 Å². The number of carbonyl (C=O) groups excluding carboxylic acids is 2. The number of rotatable bonds is 7. The smallest absolute Gasteiger partial charge is 0.409 e. The normalized spacial score (nSPS) is 18.6. The minimum Gasteiger partial charge on any atom is -0.450 e. The van der Waals surface area contributed by atoms with Crippen molar-refractivity contribution in [3.63, 3.8) is 0 Å². The van der Waals surface area contributed by atoms with E-state index in [4.69, 9.17) is 4.74 Å². The van der Waals surface area contributed by atoms with Crippen molar-refractivity contribution in [3.05, 3.63) is 18.0 Å². The molecule has 0 bridgehead atoms. The first-order valence-electron chi connectivity index (χ1n) is 12.8. The molecule has 4 rings (SSSR count). The molecular weight excluding hydrogens is 432 g/mol. The molecule has 0 spiro atoms. The summed E-state index contributed by atoms with van der Waals surface area (Å²) in [6.07, 6.45) is 10.9. The predicted molar refractivity (Wildman–Crippen MR) is 132 cm³/mol. The Bertz CT molecular complexity index is 992. The van der Waals surface area contributed by atoms with Gasteiger partial charge in [0.25, 0.3) is 5.91 Å². The van der Waals surface area contributed by atoms with Crippen molar-refractivity contribution in [2.24, 2.45) is 5.92 Å². The van der Waals surface area contributed by atoms with Gasteiger partial charge in [0.15, 0.2) is 5.65 Å². The van der Waals surface area contributed by atoms with Gasteiger partial charge in [-0.1, -0.05) is 19.3 Å². The van der Waals surface area contributed by atoms with Gasteiger partial charge in [0.05, 0.1) is 29.4 Å². The molecule has 1 aliphatic carbocycles. The number of carbonyl (C=O) groups is 2. The van der Waals surface area contributed by atoms with Crippen LogP contribution >= 0.6 is 0 Å². The van der Waals surface area contributed by atoms with E-state index in [1.54, 1.807) is 18.0 Å². The van der Waals surface area contributed by atoms with Crippen LogP contribution in [0.3, 0.4) is 0 Å². The number of aromatic nitrogens is 3. The molecule has 2 aromatic rings. The number of piperidine rings is 1. The minimum atomic E-state index is -0.280. The van der Waals surface area contributed by atoms with E-state index in [-0.39, 0.29) is 24.1 Å². The number of aryl methyl sites for hydroxylation is 1. The van der Waals surface area contributed by atoms with Gasteiger partial charge < -0.3 is 20.3 Å². The quantitative estimate of drug-likeness (QED) is 0.629. The topological polar surface area (TPSA) is 101 Å². The van der Waals surface area contributed by atoms with Gasteiger partial charge in [0, 0.05) is 37.9 Å². The predicted octanol–water partition coefficient (Wildman–Crippen LogP) is 4.18. The van der Waals surface area contributed by atoms with E-state index in [2.05, 4.69) is 27.6 Å². The Labute approximate surface area is 201 Å². The van der Waals surface area contributed by atoms with Crippen molar-refractivity contribution in [1.82, 2.24) is 25.0 Å². The molecule has 0 radical (unpaired) electrons. The van der Waals surface area contributed by atoms with Crippen LogP contribution in [-0.2, 0) is 11.3 Å². The van der Waals surface area contributed by atoms with Gasteiger partial charge in [-0.15, -0.1) is 0 Å². The van der Waals surface area contributed by atoms with Crippen molar-refractivity contribution in [1.29, 1.82) is 0 Å². The lowest BCUT2D eigenvalue weighted by Gasteiger charge is -2.32. The third kappa shape index (κ3) is 5.28. The van der Waals surface area contributed by atoms with Crippen LogP contribution in [0.1, 0.15) is 76.1 Å². The SMILES string of the molecule is CCOC(=O)N1CCC(NC(=O)c2cnc3c(cnn3CC)c2NC(C)C2CCCCC2)CC1. The number of pyridine rings is 1. The van der Waals surface area contributed by atoms with Crippen LogP contribution < -0.4 is 10.6 Å². The van der Waals surface area contributed by atoms with E-state index < -0.39 is 0 Å². The first-order chi connectivity index (χ1) is 16.5. The molecule has 1 unspecified atom stereocenters. The number of hydrogen-bond donors (Lipinski definition) is 2. The highest BCUT2D eigenvalue weighted by Gasteiger charge is 2.28. The molecule has 1 atom stereocenters. The number of nitrogens with one attached hydrogen (secondary N) is 2. The highest BCUT2D eigenvalue weighted by atomic mass is 16.6. The van der Waals surface area contributed by atoms with Crippen LogP contribution in [0, 0.1) is 5.92 Å². The summed E-state index contributed by atoms with van der Waals surface area (Å²) in [6.45, 7) is 8.31. The van der Waals surface area contributed by atoms with Gasteiger partial charge in [-0.05, 0) is 52.4 Å². The monoisotopic (exact) mass is 470 g/mol. The van der Waals surface area contributed by atoms with E-state index in [1.165, 1.54) is 32.1 Å². The second-order valence-corrected chi connectivity index (χ2v) is 9.51. The molecular formula is C25H38N6O3. The molecule has 1 saturated carbocycles. The molecule has 0 aromatic carbocycles.